The van der Waals surface area contributed by atoms with Gasteiger partial charge in [-0.1, -0.05) is 20.3 Å². The first-order valence-electron chi connectivity index (χ1n) is 7.19. The van der Waals surface area contributed by atoms with Gasteiger partial charge < -0.3 is 11.1 Å². The molecule has 0 heterocycles. The molecule has 4 nitrogen and oxygen atoms in total. The molecule has 4 heteroatoms. The maximum atomic E-state index is 12.3. The van der Waals surface area contributed by atoms with Crippen LogP contribution in [-0.2, 0) is 0 Å². The van der Waals surface area contributed by atoms with Gasteiger partial charge in [-0.2, -0.15) is 0 Å². The van der Waals surface area contributed by atoms with Crippen molar-refractivity contribution in [1.82, 2.24) is 5.32 Å². The van der Waals surface area contributed by atoms with Gasteiger partial charge in [0.05, 0.1) is 0 Å². The third kappa shape index (κ3) is 3.18. The molecule has 0 spiro atoms. The fraction of sp³-hybridized carbons (Fsp3) is 0.500. The normalized spacial score (nSPS) is 26.0. The molecule has 1 aromatic carbocycles. The van der Waals surface area contributed by atoms with Crippen molar-refractivity contribution in [2.24, 2.45) is 17.6 Å². The molecule has 20 heavy (non-hydrogen) atoms. The molecular formula is C16H22N2O2. The van der Waals surface area contributed by atoms with Gasteiger partial charge in [-0.3, -0.25) is 9.59 Å². The summed E-state index contributed by atoms with van der Waals surface area (Å²) in [6, 6.07) is 6.70. The number of primary amides is 1. The molecule has 0 aromatic heterocycles. The second-order valence-corrected chi connectivity index (χ2v) is 5.83. The average molecular weight is 274 g/mol. The number of amides is 2. The fourth-order valence-electron chi connectivity index (χ4n) is 2.99. The van der Waals surface area contributed by atoms with Crippen LogP contribution in [0.25, 0.3) is 0 Å². The van der Waals surface area contributed by atoms with Gasteiger partial charge in [0.1, 0.15) is 0 Å². The SMILES string of the molecule is CC1CCCC(C)C1NC(=O)c1ccc(C(N)=O)cc1. The van der Waals surface area contributed by atoms with E-state index >= 15 is 0 Å². The summed E-state index contributed by atoms with van der Waals surface area (Å²) in [5.74, 6) is 0.457. The minimum atomic E-state index is -0.480. The van der Waals surface area contributed by atoms with Crippen molar-refractivity contribution < 1.29 is 9.59 Å². The van der Waals surface area contributed by atoms with E-state index in [0.717, 1.165) is 12.8 Å². The molecule has 3 N–H and O–H groups in total. The van der Waals surface area contributed by atoms with E-state index < -0.39 is 5.91 Å². The van der Waals surface area contributed by atoms with Crippen molar-refractivity contribution in [2.45, 2.75) is 39.2 Å². The lowest BCUT2D eigenvalue weighted by atomic mass is 9.78. The van der Waals surface area contributed by atoms with E-state index in [1.165, 1.54) is 6.42 Å². The Balaban J connectivity index is 2.05. The number of nitrogens with one attached hydrogen (secondary N) is 1. The third-order valence-corrected chi connectivity index (χ3v) is 4.27. The minimum absolute atomic E-state index is 0.0772. The first-order valence-corrected chi connectivity index (χ1v) is 7.19. The van der Waals surface area contributed by atoms with Gasteiger partial charge in [-0.05, 0) is 48.9 Å². The second-order valence-electron chi connectivity index (χ2n) is 5.83. The molecule has 1 aromatic rings. The van der Waals surface area contributed by atoms with E-state index in [9.17, 15) is 9.59 Å². The van der Waals surface area contributed by atoms with E-state index in [1.54, 1.807) is 24.3 Å². The highest BCUT2D eigenvalue weighted by Crippen LogP contribution is 2.29. The van der Waals surface area contributed by atoms with Crippen LogP contribution in [0.5, 0.6) is 0 Å². The zero-order valence-corrected chi connectivity index (χ0v) is 12.1. The van der Waals surface area contributed by atoms with Crippen LogP contribution in [0.2, 0.25) is 0 Å². The van der Waals surface area contributed by atoms with Crippen molar-refractivity contribution in [3.05, 3.63) is 35.4 Å². The fourth-order valence-corrected chi connectivity index (χ4v) is 2.99. The summed E-state index contributed by atoms with van der Waals surface area (Å²) < 4.78 is 0. The van der Waals surface area contributed by atoms with E-state index in [-0.39, 0.29) is 11.9 Å². The Morgan fingerprint density at radius 1 is 1.05 bits per heavy atom. The van der Waals surface area contributed by atoms with Crippen LogP contribution in [0.1, 0.15) is 53.8 Å². The predicted octanol–water partition coefficient (Wildman–Crippen LogP) is 2.34. The summed E-state index contributed by atoms with van der Waals surface area (Å²) >= 11 is 0. The lowest BCUT2D eigenvalue weighted by Gasteiger charge is -2.35. The van der Waals surface area contributed by atoms with Crippen LogP contribution in [0.4, 0.5) is 0 Å². The summed E-state index contributed by atoms with van der Waals surface area (Å²) in [6.07, 6.45) is 3.56. The summed E-state index contributed by atoms with van der Waals surface area (Å²) in [7, 11) is 0. The average Bonchev–Trinajstić information content (AvgIpc) is 2.43. The maximum absolute atomic E-state index is 12.3. The molecule has 1 aliphatic rings. The molecule has 1 fully saturated rings. The number of nitrogens with two attached hydrogens (primary N) is 1. The van der Waals surface area contributed by atoms with Crippen molar-refractivity contribution in [1.29, 1.82) is 0 Å². The summed E-state index contributed by atoms with van der Waals surface area (Å²) in [4.78, 5) is 23.3. The highest BCUT2D eigenvalue weighted by Gasteiger charge is 2.29. The van der Waals surface area contributed by atoms with Gasteiger partial charge in [-0.15, -0.1) is 0 Å². The Morgan fingerprint density at radius 3 is 2.05 bits per heavy atom. The van der Waals surface area contributed by atoms with E-state index in [1.807, 2.05) is 0 Å². The van der Waals surface area contributed by atoms with Crippen LogP contribution < -0.4 is 11.1 Å². The number of hydrogen-bond donors (Lipinski definition) is 2. The molecule has 2 atom stereocenters. The smallest absolute Gasteiger partial charge is 0.251 e. The zero-order valence-electron chi connectivity index (χ0n) is 12.1. The van der Waals surface area contributed by atoms with E-state index in [0.29, 0.717) is 23.0 Å². The largest absolute Gasteiger partial charge is 0.366 e. The second kappa shape index (κ2) is 6.07. The molecule has 2 rings (SSSR count). The maximum Gasteiger partial charge on any atom is 0.251 e. The predicted molar refractivity (Wildman–Crippen MR) is 78.4 cm³/mol. The van der Waals surface area contributed by atoms with Crippen LogP contribution in [0, 0.1) is 11.8 Å². The highest BCUT2D eigenvalue weighted by molar-refractivity contribution is 5.97. The Kier molecular flexibility index (Phi) is 4.42. The summed E-state index contributed by atoms with van der Waals surface area (Å²) in [6.45, 7) is 4.38. The topological polar surface area (TPSA) is 72.2 Å². The Hall–Kier alpha value is -1.84. The van der Waals surface area contributed by atoms with Gasteiger partial charge in [-0.25, -0.2) is 0 Å². The zero-order chi connectivity index (χ0) is 14.7. The number of carbonyl (C=O) groups excluding carboxylic acids is 2. The van der Waals surface area contributed by atoms with Crippen LogP contribution in [0.3, 0.4) is 0 Å². The van der Waals surface area contributed by atoms with E-state index in [4.69, 9.17) is 5.73 Å². The highest BCUT2D eigenvalue weighted by atomic mass is 16.2. The summed E-state index contributed by atoms with van der Waals surface area (Å²) in [5.41, 5.74) is 6.17. The molecule has 2 amide bonds. The van der Waals surface area contributed by atoms with Gasteiger partial charge in [0.25, 0.3) is 5.91 Å². The molecule has 108 valence electrons. The van der Waals surface area contributed by atoms with Gasteiger partial charge in [0, 0.05) is 17.2 Å². The van der Waals surface area contributed by atoms with Gasteiger partial charge >= 0.3 is 0 Å². The Morgan fingerprint density at radius 2 is 1.55 bits per heavy atom. The first kappa shape index (κ1) is 14.6. The number of benzene rings is 1. The monoisotopic (exact) mass is 274 g/mol. The molecule has 2 unspecified atom stereocenters. The molecule has 0 saturated heterocycles. The molecule has 1 saturated carbocycles. The van der Waals surface area contributed by atoms with Gasteiger partial charge in [0.15, 0.2) is 0 Å². The van der Waals surface area contributed by atoms with Crippen molar-refractivity contribution in [2.75, 3.05) is 0 Å². The standard InChI is InChI=1S/C16H22N2O2/c1-10-4-3-5-11(2)14(10)18-16(20)13-8-6-12(7-9-13)15(17)19/h6-11,14H,3-5H2,1-2H3,(H2,17,19)(H,18,20). The number of rotatable bonds is 3. The minimum Gasteiger partial charge on any atom is -0.366 e. The quantitative estimate of drug-likeness (QED) is 0.888. The van der Waals surface area contributed by atoms with Crippen LogP contribution in [0.15, 0.2) is 24.3 Å². The third-order valence-electron chi connectivity index (χ3n) is 4.27. The molecule has 0 aliphatic heterocycles. The van der Waals surface area contributed by atoms with E-state index in [2.05, 4.69) is 19.2 Å². The van der Waals surface area contributed by atoms with Crippen molar-refractivity contribution in [3.63, 3.8) is 0 Å². The lowest BCUT2D eigenvalue weighted by Crippen LogP contribution is -2.45. The number of hydrogen-bond acceptors (Lipinski definition) is 2. The lowest BCUT2D eigenvalue weighted by molar-refractivity contribution is 0.0879. The van der Waals surface area contributed by atoms with Gasteiger partial charge in [0.2, 0.25) is 5.91 Å². The van der Waals surface area contributed by atoms with Crippen molar-refractivity contribution in [3.8, 4) is 0 Å². The molecule has 1 aliphatic carbocycles. The first-order chi connectivity index (χ1) is 9.49. The molecular weight excluding hydrogens is 252 g/mol. The van der Waals surface area contributed by atoms with Crippen LogP contribution >= 0.6 is 0 Å². The molecule has 0 bridgehead atoms. The Bertz CT molecular complexity index is 486. The van der Waals surface area contributed by atoms with Crippen molar-refractivity contribution >= 4 is 11.8 Å². The van der Waals surface area contributed by atoms with Crippen LogP contribution in [-0.4, -0.2) is 17.9 Å². The number of carbonyl (C=O) groups is 2. The summed E-state index contributed by atoms with van der Waals surface area (Å²) in [5, 5.41) is 3.13. The Labute approximate surface area is 119 Å². The molecule has 0 radical (unpaired) electrons.